The fourth-order valence-electron chi connectivity index (χ4n) is 3.92. The first-order valence-corrected chi connectivity index (χ1v) is 12.6. The Bertz CT molecular complexity index is 1180. The van der Waals surface area contributed by atoms with E-state index in [0.717, 1.165) is 48.0 Å². The van der Waals surface area contributed by atoms with E-state index in [1.807, 2.05) is 24.8 Å². The number of hydrogen-bond donors (Lipinski definition) is 0. The average Bonchev–Trinajstić information content (AvgIpc) is 3.09. The first kappa shape index (κ1) is 22.8. The van der Waals surface area contributed by atoms with E-state index in [1.165, 1.54) is 28.7 Å². The molecule has 1 amide bonds. The number of carbonyl (C=O) groups is 1. The highest BCUT2D eigenvalue weighted by molar-refractivity contribution is 7.99. The van der Waals surface area contributed by atoms with Crippen LogP contribution in [0.2, 0.25) is 0 Å². The van der Waals surface area contributed by atoms with E-state index in [4.69, 9.17) is 4.98 Å². The van der Waals surface area contributed by atoms with E-state index in [-0.39, 0.29) is 17.2 Å². The Kier molecular flexibility index (Phi) is 7.13. The number of thiophene rings is 1. The van der Waals surface area contributed by atoms with Gasteiger partial charge < -0.3 is 4.90 Å². The van der Waals surface area contributed by atoms with Crippen molar-refractivity contribution in [3.05, 3.63) is 69.3 Å². The molecular formula is C24H28N4O2S2. The van der Waals surface area contributed by atoms with Gasteiger partial charge in [0.25, 0.3) is 5.56 Å². The van der Waals surface area contributed by atoms with E-state index in [9.17, 15) is 9.59 Å². The van der Waals surface area contributed by atoms with Gasteiger partial charge in [0.05, 0.1) is 11.1 Å². The second-order valence-electron chi connectivity index (χ2n) is 7.99. The van der Waals surface area contributed by atoms with Crippen molar-refractivity contribution in [3.63, 3.8) is 0 Å². The van der Waals surface area contributed by atoms with Crippen molar-refractivity contribution in [2.24, 2.45) is 0 Å². The predicted octanol–water partition coefficient (Wildman–Crippen LogP) is 3.70. The highest BCUT2D eigenvalue weighted by atomic mass is 32.2. The molecule has 168 valence electrons. The first-order chi connectivity index (χ1) is 15.5. The number of thioether (sulfide) groups is 1. The zero-order valence-corrected chi connectivity index (χ0v) is 20.2. The molecule has 0 atom stereocenters. The van der Waals surface area contributed by atoms with Crippen LogP contribution in [0.3, 0.4) is 0 Å². The van der Waals surface area contributed by atoms with Gasteiger partial charge in [-0.3, -0.25) is 19.1 Å². The smallest absolute Gasteiger partial charge is 0.263 e. The van der Waals surface area contributed by atoms with Crippen LogP contribution in [-0.4, -0.2) is 57.2 Å². The van der Waals surface area contributed by atoms with E-state index in [1.54, 1.807) is 10.6 Å². The van der Waals surface area contributed by atoms with E-state index in [2.05, 4.69) is 35.7 Å². The van der Waals surface area contributed by atoms with Crippen LogP contribution in [0.1, 0.15) is 16.0 Å². The molecule has 1 aliphatic rings. The molecule has 0 N–H and O–H groups in total. The molecule has 1 aromatic carbocycles. The molecule has 32 heavy (non-hydrogen) atoms. The lowest BCUT2D eigenvalue weighted by Crippen LogP contribution is -2.48. The Hall–Kier alpha value is -2.42. The third kappa shape index (κ3) is 4.82. The summed E-state index contributed by atoms with van der Waals surface area (Å²) in [6.45, 7) is 12.2. The molecule has 1 fully saturated rings. The van der Waals surface area contributed by atoms with Crippen LogP contribution in [0, 0.1) is 13.8 Å². The number of benzene rings is 1. The summed E-state index contributed by atoms with van der Waals surface area (Å²) >= 11 is 2.87. The van der Waals surface area contributed by atoms with Crippen LogP contribution in [0.5, 0.6) is 0 Å². The molecule has 4 rings (SSSR count). The lowest BCUT2D eigenvalue weighted by Gasteiger charge is -2.34. The minimum absolute atomic E-state index is 0.0544. The van der Waals surface area contributed by atoms with E-state index >= 15 is 0 Å². The topological polar surface area (TPSA) is 58.4 Å². The van der Waals surface area contributed by atoms with Crippen molar-refractivity contribution in [2.45, 2.75) is 32.1 Å². The molecule has 8 heteroatoms. The summed E-state index contributed by atoms with van der Waals surface area (Å²) in [6, 6.07) is 10.4. The lowest BCUT2D eigenvalue weighted by molar-refractivity contribution is -0.130. The number of aromatic nitrogens is 2. The molecule has 0 unspecified atom stereocenters. The van der Waals surface area contributed by atoms with Crippen LogP contribution in [0.4, 0.5) is 0 Å². The molecule has 3 heterocycles. The first-order valence-electron chi connectivity index (χ1n) is 10.8. The number of carbonyl (C=O) groups excluding carboxylic acids is 1. The maximum Gasteiger partial charge on any atom is 0.263 e. The molecule has 3 aromatic rings. The lowest BCUT2D eigenvalue weighted by atomic mass is 10.2. The number of fused-ring (bicyclic) bond motifs is 1. The van der Waals surface area contributed by atoms with Gasteiger partial charge in [-0.25, -0.2) is 4.98 Å². The summed E-state index contributed by atoms with van der Waals surface area (Å²) in [6.07, 6.45) is 1.70. The number of amides is 1. The summed E-state index contributed by atoms with van der Waals surface area (Å²) in [7, 11) is 0. The van der Waals surface area contributed by atoms with E-state index in [0.29, 0.717) is 17.1 Å². The number of piperazine rings is 1. The Morgan fingerprint density at radius 3 is 2.59 bits per heavy atom. The molecule has 1 aliphatic heterocycles. The summed E-state index contributed by atoms with van der Waals surface area (Å²) in [5, 5.41) is 1.26. The third-order valence-corrected chi connectivity index (χ3v) is 7.93. The number of rotatable bonds is 7. The Morgan fingerprint density at radius 2 is 1.91 bits per heavy atom. The molecule has 6 nitrogen and oxygen atoms in total. The van der Waals surface area contributed by atoms with Crippen molar-refractivity contribution in [1.82, 2.24) is 19.4 Å². The quantitative estimate of drug-likeness (QED) is 0.301. The van der Waals surface area contributed by atoms with Crippen molar-refractivity contribution in [1.29, 1.82) is 0 Å². The summed E-state index contributed by atoms with van der Waals surface area (Å²) in [5.41, 5.74) is 2.23. The zero-order chi connectivity index (χ0) is 22.7. The fourth-order valence-corrected chi connectivity index (χ4v) is 5.91. The molecular weight excluding hydrogens is 440 g/mol. The maximum atomic E-state index is 13.1. The van der Waals surface area contributed by atoms with Crippen molar-refractivity contribution >= 4 is 39.2 Å². The average molecular weight is 469 g/mol. The van der Waals surface area contributed by atoms with Crippen molar-refractivity contribution in [2.75, 3.05) is 31.9 Å². The van der Waals surface area contributed by atoms with Crippen LogP contribution >= 0.6 is 23.1 Å². The molecule has 2 aromatic heterocycles. The highest BCUT2D eigenvalue weighted by Gasteiger charge is 2.22. The van der Waals surface area contributed by atoms with Gasteiger partial charge >= 0.3 is 0 Å². The van der Waals surface area contributed by atoms with Gasteiger partial charge in [0.1, 0.15) is 4.83 Å². The van der Waals surface area contributed by atoms with Crippen LogP contribution in [0.15, 0.2) is 52.9 Å². The highest BCUT2D eigenvalue weighted by Crippen LogP contribution is 2.28. The van der Waals surface area contributed by atoms with Crippen LogP contribution in [-0.2, 0) is 17.9 Å². The normalized spacial score (nSPS) is 14.8. The Labute approximate surface area is 196 Å². The minimum atomic E-state index is -0.0544. The minimum Gasteiger partial charge on any atom is -0.339 e. The Morgan fingerprint density at radius 1 is 1.19 bits per heavy atom. The van der Waals surface area contributed by atoms with E-state index < -0.39 is 0 Å². The van der Waals surface area contributed by atoms with Gasteiger partial charge in [-0.15, -0.1) is 17.9 Å². The molecule has 0 bridgehead atoms. The van der Waals surface area contributed by atoms with Gasteiger partial charge in [0.15, 0.2) is 5.16 Å². The molecule has 1 saturated heterocycles. The second kappa shape index (κ2) is 10.0. The fraction of sp³-hybridized carbons (Fsp3) is 0.375. The second-order valence-corrected chi connectivity index (χ2v) is 10.1. The van der Waals surface area contributed by atoms with Gasteiger partial charge in [-0.1, -0.05) is 48.2 Å². The monoisotopic (exact) mass is 468 g/mol. The van der Waals surface area contributed by atoms with Crippen LogP contribution in [0.25, 0.3) is 10.2 Å². The van der Waals surface area contributed by atoms with Crippen LogP contribution < -0.4 is 5.56 Å². The summed E-state index contributed by atoms with van der Waals surface area (Å²) in [5.74, 6) is 0.365. The maximum absolute atomic E-state index is 13.1. The van der Waals surface area contributed by atoms with Gasteiger partial charge in [0, 0.05) is 44.1 Å². The van der Waals surface area contributed by atoms with Gasteiger partial charge in [0.2, 0.25) is 5.91 Å². The van der Waals surface area contributed by atoms with Crippen molar-refractivity contribution < 1.29 is 4.79 Å². The SMILES string of the molecule is C=CCn1c(SCC(=O)N2CCN(Cc3ccccc3)CC2)nc2sc(C)c(C)c2c1=O. The number of hydrogen-bond acceptors (Lipinski definition) is 6. The molecule has 0 spiro atoms. The zero-order valence-electron chi connectivity index (χ0n) is 18.5. The number of allylic oxidation sites excluding steroid dienone is 1. The standard InChI is InChI=1S/C24H28N4O2S2/c1-4-10-28-23(30)21-17(2)18(3)32-22(21)25-24(28)31-16-20(29)27-13-11-26(12-14-27)15-19-8-6-5-7-9-19/h4-9H,1,10-16H2,2-3H3. The number of nitrogens with zero attached hydrogens (tertiary/aromatic N) is 4. The molecule has 0 saturated carbocycles. The molecule has 0 aliphatic carbocycles. The van der Waals surface area contributed by atoms with Gasteiger partial charge in [-0.2, -0.15) is 0 Å². The Balaban J connectivity index is 1.40. The van der Waals surface area contributed by atoms with Crippen molar-refractivity contribution in [3.8, 4) is 0 Å². The number of aryl methyl sites for hydroxylation is 2. The molecule has 0 radical (unpaired) electrons. The third-order valence-electron chi connectivity index (χ3n) is 5.86. The van der Waals surface area contributed by atoms with Gasteiger partial charge in [-0.05, 0) is 25.0 Å². The largest absolute Gasteiger partial charge is 0.339 e. The summed E-state index contributed by atoms with van der Waals surface area (Å²) < 4.78 is 1.63. The summed E-state index contributed by atoms with van der Waals surface area (Å²) in [4.78, 5) is 36.8. The predicted molar refractivity (Wildman–Crippen MR) is 133 cm³/mol.